The first-order valence-corrected chi connectivity index (χ1v) is 5.69. The van der Waals surface area contributed by atoms with Crippen LogP contribution in [-0.4, -0.2) is 16.5 Å². The molecule has 0 aliphatic heterocycles. The predicted octanol–water partition coefficient (Wildman–Crippen LogP) is 2.36. The van der Waals surface area contributed by atoms with Crippen molar-refractivity contribution < 1.29 is 0 Å². The van der Waals surface area contributed by atoms with Gasteiger partial charge in [-0.25, -0.2) is 4.98 Å². The molecule has 0 spiro atoms. The average Bonchev–Trinajstić information content (AvgIpc) is 2.84. The molecule has 0 fully saturated rings. The number of hydrogen-bond acceptors (Lipinski definition) is 2. The van der Waals surface area contributed by atoms with Crippen LogP contribution >= 0.6 is 0 Å². The lowest BCUT2D eigenvalue weighted by Gasteiger charge is -2.02. The summed E-state index contributed by atoms with van der Waals surface area (Å²) < 4.78 is 0. The Morgan fingerprint density at radius 3 is 2.56 bits per heavy atom. The second-order valence-electron chi connectivity index (χ2n) is 3.88. The molecule has 3 N–H and O–H groups in total. The molecule has 0 aliphatic rings. The summed E-state index contributed by atoms with van der Waals surface area (Å²) in [5, 5.41) is 0. The molecular weight excluding hydrogens is 198 g/mol. The number of benzene rings is 1. The van der Waals surface area contributed by atoms with Crippen LogP contribution in [0.3, 0.4) is 0 Å². The molecule has 84 valence electrons. The van der Waals surface area contributed by atoms with E-state index >= 15 is 0 Å². The molecule has 0 saturated heterocycles. The highest BCUT2D eigenvalue weighted by Gasteiger charge is 1.99. The van der Waals surface area contributed by atoms with Crippen molar-refractivity contribution >= 4 is 0 Å². The lowest BCUT2D eigenvalue weighted by atomic mass is 10.1. The van der Waals surface area contributed by atoms with E-state index < -0.39 is 0 Å². The summed E-state index contributed by atoms with van der Waals surface area (Å²) in [6.45, 7) is 0.782. The minimum absolute atomic E-state index is 0.782. The third-order valence-electron chi connectivity index (χ3n) is 2.65. The van der Waals surface area contributed by atoms with Crippen molar-refractivity contribution in [3.05, 3.63) is 42.2 Å². The van der Waals surface area contributed by atoms with Gasteiger partial charge in [-0.05, 0) is 31.4 Å². The molecule has 0 bridgehead atoms. The van der Waals surface area contributed by atoms with E-state index in [0.29, 0.717) is 0 Å². The zero-order chi connectivity index (χ0) is 11.2. The molecule has 3 nitrogen and oxygen atoms in total. The maximum Gasteiger partial charge on any atom is 0.137 e. The number of aromatic amines is 1. The van der Waals surface area contributed by atoms with Crippen molar-refractivity contribution in [2.45, 2.75) is 19.3 Å². The maximum absolute atomic E-state index is 5.47. The normalized spacial score (nSPS) is 10.6. The molecule has 2 rings (SSSR count). The Hall–Kier alpha value is -1.61. The minimum Gasteiger partial charge on any atom is -0.345 e. The van der Waals surface area contributed by atoms with Gasteiger partial charge in [0.2, 0.25) is 0 Å². The van der Waals surface area contributed by atoms with Gasteiger partial charge in [-0.2, -0.15) is 0 Å². The Bertz CT molecular complexity index is 403. The maximum atomic E-state index is 5.47. The Kier molecular flexibility index (Phi) is 3.72. The number of nitrogens with zero attached hydrogens (tertiary/aromatic N) is 1. The molecule has 1 aromatic heterocycles. The van der Waals surface area contributed by atoms with E-state index in [1.54, 1.807) is 6.20 Å². The van der Waals surface area contributed by atoms with E-state index in [2.05, 4.69) is 34.2 Å². The summed E-state index contributed by atoms with van der Waals surface area (Å²) in [6.07, 6.45) is 6.97. The number of nitrogens with one attached hydrogen (secondary N) is 1. The number of H-pyrrole nitrogens is 1. The lowest BCUT2D eigenvalue weighted by Crippen LogP contribution is -1.98. The largest absolute Gasteiger partial charge is 0.345 e. The second-order valence-corrected chi connectivity index (χ2v) is 3.88. The summed E-state index contributed by atoms with van der Waals surface area (Å²) in [7, 11) is 0. The van der Waals surface area contributed by atoms with Gasteiger partial charge in [-0.1, -0.05) is 24.3 Å². The zero-order valence-electron chi connectivity index (χ0n) is 9.32. The molecule has 16 heavy (non-hydrogen) atoms. The highest BCUT2D eigenvalue weighted by Crippen LogP contribution is 2.15. The van der Waals surface area contributed by atoms with Gasteiger partial charge in [-0.3, -0.25) is 0 Å². The summed E-state index contributed by atoms with van der Waals surface area (Å²) in [4.78, 5) is 7.32. The van der Waals surface area contributed by atoms with E-state index in [4.69, 9.17) is 5.73 Å². The standard InChI is InChI=1S/C13H17N3/c14-8-2-1-3-11-4-6-12(7-5-11)13-15-9-10-16-13/h4-7,9-10H,1-3,8,14H2,(H,15,16). The van der Waals surface area contributed by atoms with Gasteiger partial charge in [0.1, 0.15) is 5.82 Å². The first-order chi connectivity index (χ1) is 7.90. The van der Waals surface area contributed by atoms with Crippen LogP contribution < -0.4 is 5.73 Å². The van der Waals surface area contributed by atoms with Gasteiger partial charge in [0.05, 0.1) is 0 Å². The van der Waals surface area contributed by atoms with Gasteiger partial charge >= 0.3 is 0 Å². The van der Waals surface area contributed by atoms with E-state index in [1.165, 1.54) is 5.56 Å². The fraction of sp³-hybridized carbons (Fsp3) is 0.308. The number of aromatic nitrogens is 2. The van der Waals surface area contributed by atoms with E-state index in [0.717, 1.165) is 37.2 Å². The highest BCUT2D eigenvalue weighted by atomic mass is 14.9. The average molecular weight is 215 g/mol. The second kappa shape index (κ2) is 5.47. The van der Waals surface area contributed by atoms with Crippen LogP contribution in [0.1, 0.15) is 18.4 Å². The van der Waals surface area contributed by atoms with Crippen LogP contribution in [0.4, 0.5) is 0 Å². The van der Waals surface area contributed by atoms with Gasteiger partial charge < -0.3 is 10.7 Å². The monoisotopic (exact) mass is 215 g/mol. The number of unbranched alkanes of at least 4 members (excludes halogenated alkanes) is 1. The van der Waals surface area contributed by atoms with Crippen molar-refractivity contribution in [1.29, 1.82) is 0 Å². The van der Waals surface area contributed by atoms with Crippen LogP contribution in [0.15, 0.2) is 36.7 Å². The van der Waals surface area contributed by atoms with Crippen molar-refractivity contribution in [3.8, 4) is 11.4 Å². The molecule has 0 radical (unpaired) electrons. The van der Waals surface area contributed by atoms with E-state index in [1.807, 2.05) is 6.20 Å². The highest BCUT2D eigenvalue weighted by molar-refractivity contribution is 5.55. The minimum atomic E-state index is 0.782. The first-order valence-electron chi connectivity index (χ1n) is 5.69. The smallest absolute Gasteiger partial charge is 0.137 e. The van der Waals surface area contributed by atoms with Crippen LogP contribution in [0.2, 0.25) is 0 Å². The third kappa shape index (κ3) is 2.70. The van der Waals surface area contributed by atoms with E-state index in [-0.39, 0.29) is 0 Å². The van der Waals surface area contributed by atoms with Crippen molar-refractivity contribution in [3.63, 3.8) is 0 Å². The molecule has 0 unspecified atom stereocenters. The van der Waals surface area contributed by atoms with Gasteiger partial charge in [0.25, 0.3) is 0 Å². The number of aryl methyl sites for hydroxylation is 1. The van der Waals surface area contributed by atoms with Gasteiger partial charge in [0.15, 0.2) is 0 Å². The topological polar surface area (TPSA) is 54.7 Å². The number of rotatable bonds is 5. The van der Waals surface area contributed by atoms with Crippen LogP contribution in [0.25, 0.3) is 11.4 Å². The Morgan fingerprint density at radius 1 is 1.12 bits per heavy atom. The Morgan fingerprint density at radius 2 is 1.94 bits per heavy atom. The van der Waals surface area contributed by atoms with Crippen molar-refractivity contribution in [2.24, 2.45) is 5.73 Å². The molecular formula is C13H17N3. The van der Waals surface area contributed by atoms with Crippen molar-refractivity contribution in [1.82, 2.24) is 9.97 Å². The van der Waals surface area contributed by atoms with Crippen LogP contribution in [0, 0.1) is 0 Å². The zero-order valence-corrected chi connectivity index (χ0v) is 9.32. The van der Waals surface area contributed by atoms with Crippen LogP contribution in [0.5, 0.6) is 0 Å². The fourth-order valence-electron chi connectivity index (χ4n) is 1.73. The number of nitrogens with two attached hydrogens (primary N) is 1. The quantitative estimate of drug-likeness (QED) is 0.752. The summed E-state index contributed by atoms with van der Waals surface area (Å²) in [6, 6.07) is 8.54. The lowest BCUT2D eigenvalue weighted by molar-refractivity contribution is 0.745. The number of imidazole rings is 1. The summed E-state index contributed by atoms with van der Waals surface area (Å²) in [5.41, 5.74) is 7.97. The molecule has 0 atom stereocenters. The molecule has 0 saturated carbocycles. The Labute approximate surface area is 95.7 Å². The van der Waals surface area contributed by atoms with Crippen LogP contribution in [-0.2, 0) is 6.42 Å². The molecule has 3 heteroatoms. The molecule has 1 heterocycles. The summed E-state index contributed by atoms with van der Waals surface area (Å²) >= 11 is 0. The third-order valence-corrected chi connectivity index (χ3v) is 2.65. The fourth-order valence-corrected chi connectivity index (χ4v) is 1.73. The van der Waals surface area contributed by atoms with Crippen molar-refractivity contribution in [2.75, 3.05) is 6.54 Å². The van der Waals surface area contributed by atoms with Gasteiger partial charge in [0, 0.05) is 18.0 Å². The molecule has 2 aromatic rings. The molecule has 0 aliphatic carbocycles. The van der Waals surface area contributed by atoms with E-state index in [9.17, 15) is 0 Å². The molecule has 0 amide bonds. The Balaban J connectivity index is 2.00. The van der Waals surface area contributed by atoms with Gasteiger partial charge in [-0.15, -0.1) is 0 Å². The SMILES string of the molecule is NCCCCc1ccc(-c2ncc[nH]2)cc1. The molecule has 1 aromatic carbocycles. The summed E-state index contributed by atoms with van der Waals surface area (Å²) in [5.74, 6) is 0.925. The first kappa shape index (κ1) is 10.9. The predicted molar refractivity (Wildman–Crippen MR) is 66.0 cm³/mol. The number of hydrogen-bond donors (Lipinski definition) is 2.